The molecule has 1 fully saturated rings. The first-order valence-corrected chi connectivity index (χ1v) is 9.32. The minimum Gasteiger partial charge on any atom is -0.398 e. The highest BCUT2D eigenvalue weighted by Crippen LogP contribution is 2.27. The smallest absolute Gasteiger partial charge is 0.219 e. The summed E-state index contributed by atoms with van der Waals surface area (Å²) in [5, 5.41) is 0. The Morgan fingerprint density at radius 2 is 1.78 bits per heavy atom. The Morgan fingerprint density at radius 1 is 1.07 bits per heavy atom. The second-order valence-corrected chi connectivity index (χ2v) is 7.25. The molecule has 0 saturated carbocycles. The molecule has 3 aromatic rings. The van der Waals surface area contributed by atoms with Gasteiger partial charge in [0.2, 0.25) is 5.91 Å². The van der Waals surface area contributed by atoms with Gasteiger partial charge in [-0.1, -0.05) is 29.8 Å². The van der Waals surface area contributed by atoms with Crippen LogP contribution in [0.2, 0.25) is 0 Å². The minimum absolute atomic E-state index is 0.151. The van der Waals surface area contributed by atoms with Gasteiger partial charge in [0.1, 0.15) is 5.65 Å². The number of nitrogens with two attached hydrogens (primary N) is 1. The average molecular weight is 363 g/mol. The molecule has 6 heteroatoms. The highest BCUT2D eigenvalue weighted by molar-refractivity contribution is 5.73. The van der Waals surface area contributed by atoms with E-state index >= 15 is 0 Å². The lowest BCUT2D eigenvalue weighted by atomic mass is 10.1. The molecule has 0 atom stereocenters. The molecule has 1 aliphatic rings. The van der Waals surface area contributed by atoms with E-state index in [-0.39, 0.29) is 5.91 Å². The number of pyridine rings is 1. The number of benzene rings is 1. The topological polar surface area (TPSA) is 66.9 Å². The fourth-order valence-corrected chi connectivity index (χ4v) is 3.64. The van der Waals surface area contributed by atoms with E-state index in [9.17, 15) is 4.79 Å². The van der Waals surface area contributed by atoms with E-state index in [0.29, 0.717) is 0 Å². The molecule has 0 radical (unpaired) electrons. The number of aryl methyl sites for hydroxylation is 1. The lowest BCUT2D eigenvalue weighted by Crippen LogP contribution is -2.47. The van der Waals surface area contributed by atoms with Crippen LogP contribution in [0.1, 0.15) is 18.2 Å². The van der Waals surface area contributed by atoms with Crippen LogP contribution in [0.15, 0.2) is 42.6 Å². The second-order valence-electron chi connectivity index (χ2n) is 7.25. The zero-order valence-corrected chi connectivity index (χ0v) is 15.9. The van der Waals surface area contributed by atoms with E-state index in [1.54, 1.807) is 6.92 Å². The SMILES string of the molecule is CC(=O)N1CCN(Cc2c(-c3ccc(C)cc3)nc3ccc(N)cn23)CC1. The summed E-state index contributed by atoms with van der Waals surface area (Å²) in [5.41, 5.74) is 12.1. The third-order valence-electron chi connectivity index (χ3n) is 5.26. The number of fused-ring (bicyclic) bond motifs is 1. The number of anilines is 1. The molecule has 0 aliphatic carbocycles. The molecule has 1 aliphatic heterocycles. The van der Waals surface area contributed by atoms with Gasteiger partial charge in [-0.15, -0.1) is 0 Å². The molecule has 6 nitrogen and oxygen atoms in total. The summed E-state index contributed by atoms with van der Waals surface area (Å²) < 4.78 is 2.10. The molecule has 1 amide bonds. The van der Waals surface area contributed by atoms with Crippen molar-refractivity contribution in [1.29, 1.82) is 0 Å². The molecule has 1 saturated heterocycles. The highest BCUT2D eigenvalue weighted by Gasteiger charge is 2.22. The van der Waals surface area contributed by atoms with Crippen LogP contribution in [0.5, 0.6) is 0 Å². The highest BCUT2D eigenvalue weighted by atomic mass is 16.2. The van der Waals surface area contributed by atoms with Crippen molar-refractivity contribution in [1.82, 2.24) is 19.2 Å². The van der Waals surface area contributed by atoms with E-state index in [1.807, 2.05) is 23.2 Å². The molecular formula is C21H25N5O. The number of carbonyl (C=O) groups excluding carboxylic acids is 1. The lowest BCUT2D eigenvalue weighted by Gasteiger charge is -2.34. The van der Waals surface area contributed by atoms with Gasteiger partial charge in [0.05, 0.1) is 11.4 Å². The first-order chi connectivity index (χ1) is 13.0. The maximum Gasteiger partial charge on any atom is 0.219 e. The van der Waals surface area contributed by atoms with Gasteiger partial charge in [-0.3, -0.25) is 9.69 Å². The number of aromatic nitrogens is 2. The van der Waals surface area contributed by atoms with Gasteiger partial charge in [0.25, 0.3) is 0 Å². The fourth-order valence-electron chi connectivity index (χ4n) is 3.64. The van der Waals surface area contributed by atoms with Crippen molar-refractivity contribution in [2.45, 2.75) is 20.4 Å². The number of nitrogens with zero attached hydrogens (tertiary/aromatic N) is 4. The van der Waals surface area contributed by atoms with Crippen molar-refractivity contribution in [3.63, 3.8) is 0 Å². The van der Waals surface area contributed by atoms with Gasteiger partial charge < -0.3 is 15.0 Å². The maximum atomic E-state index is 11.6. The Morgan fingerprint density at radius 3 is 2.44 bits per heavy atom. The number of carbonyl (C=O) groups is 1. The van der Waals surface area contributed by atoms with E-state index in [1.165, 1.54) is 5.56 Å². The summed E-state index contributed by atoms with van der Waals surface area (Å²) in [6, 6.07) is 12.3. The van der Waals surface area contributed by atoms with Crippen molar-refractivity contribution in [2.75, 3.05) is 31.9 Å². The van der Waals surface area contributed by atoms with E-state index in [0.717, 1.165) is 61.0 Å². The van der Waals surface area contributed by atoms with Gasteiger partial charge in [-0.25, -0.2) is 4.98 Å². The van der Waals surface area contributed by atoms with Crippen molar-refractivity contribution >= 4 is 17.2 Å². The summed E-state index contributed by atoms with van der Waals surface area (Å²) >= 11 is 0. The Labute approximate surface area is 159 Å². The van der Waals surface area contributed by atoms with Crippen LogP contribution in [0, 0.1) is 6.92 Å². The summed E-state index contributed by atoms with van der Waals surface area (Å²) in [6.07, 6.45) is 1.95. The maximum absolute atomic E-state index is 11.6. The third kappa shape index (κ3) is 3.53. The summed E-state index contributed by atoms with van der Waals surface area (Å²) in [4.78, 5) is 20.7. The molecule has 1 aromatic carbocycles. The predicted octanol–water partition coefficient (Wildman–Crippen LogP) is 2.56. The van der Waals surface area contributed by atoms with Crippen molar-refractivity contribution in [3.05, 3.63) is 53.9 Å². The van der Waals surface area contributed by atoms with Gasteiger partial charge in [-0.2, -0.15) is 0 Å². The quantitative estimate of drug-likeness (QED) is 0.777. The number of amides is 1. The Bertz CT molecular complexity index is 968. The van der Waals surface area contributed by atoms with Crippen LogP contribution >= 0.6 is 0 Å². The molecular weight excluding hydrogens is 338 g/mol. The molecule has 4 rings (SSSR count). The van der Waals surface area contributed by atoms with Crippen LogP contribution in [-0.2, 0) is 11.3 Å². The number of hydrogen-bond donors (Lipinski definition) is 1. The van der Waals surface area contributed by atoms with E-state index < -0.39 is 0 Å². The lowest BCUT2D eigenvalue weighted by molar-refractivity contribution is -0.130. The predicted molar refractivity (Wildman–Crippen MR) is 107 cm³/mol. The Kier molecular flexibility index (Phi) is 4.58. The summed E-state index contributed by atoms with van der Waals surface area (Å²) in [7, 11) is 0. The zero-order valence-electron chi connectivity index (χ0n) is 15.9. The number of piperazine rings is 1. The Hall–Kier alpha value is -2.86. The molecule has 3 heterocycles. The molecule has 27 heavy (non-hydrogen) atoms. The van der Waals surface area contributed by atoms with Crippen LogP contribution in [0.3, 0.4) is 0 Å². The summed E-state index contributed by atoms with van der Waals surface area (Å²) in [6.45, 7) is 7.77. The van der Waals surface area contributed by atoms with E-state index in [4.69, 9.17) is 10.7 Å². The number of hydrogen-bond acceptors (Lipinski definition) is 4. The largest absolute Gasteiger partial charge is 0.398 e. The standard InChI is InChI=1S/C21H25N5O/c1-15-3-5-17(6-4-15)21-19(26-13-18(22)7-8-20(26)23-21)14-24-9-11-25(12-10-24)16(2)27/h3-8,13H,9-12,14,22H2,1-2H3. The fraction of sp³-hybridized carbons (Fsp3) is 0.333. The first kappa shape index (κ1) is 17.5. The second kappa shape index (κ2) is 7.04. The normalized spacial score (nSPS) is 15.4. The summed E-state index contributed by atoms with van der Waals surface area (Å²) in [5.74, 6) is 0.151. The van der Waals surface area contributed by atoms with Gasteiger partial charge >= 0.3 is 0 Å². The molecule has 2 N–H and O–H groups in total. The molecule has 140 valence electrons. The van der Waals surface area contributed by atoms with Crippen LogP contribution in [0.4, 0.5) is 5.69 Å². The molecule has 2 aromatic heterocycles. The van der Waals surface area contributed by atoms with Crippen LogP contribution < -0.4 is 5.73 Å². The average Bonchev–Trinajstić information content (AvgIpc) is 3.00. The number of imidazole rings is 1. The third-order valence-corrected chi connectivity index (χ3v) is 5.26. The van der Waals surface area contributed by atoms with Gasteiger partial charge in [0.15, 0.2) is 0 Å². The number of nitrogen functional groups attached to an aromatic ring is 1. The van der Waals surface area contributed by atoms with Gasteiger partial charge in [-0.05, 0) is 19.1 Å². The number of rotatable bonds is 3. The first-order valence-electron chi connectivity index (χ1n) is 9.32. The van der Waals surface area contributed by atoms with Crippen molar-refractivity contribution < 1.29 is 4.79 Å². The molecule has 0 unspecified atom stereocenters. The van der Waals surface area contributed by atoms with Crippen LogP contribution in [-0.4, -0.2) is 51.3 Å². The zero-order chi connectivity index (χ0) is 19.0. The Balaban J connectivity index is 1.69. The van der Waals surface area contributed by atoms with Crippen LogP contribution in [0.25, 0.3) is 16.9 Å². The monoisotopic (exact) mass is 363 g/mol. The van der Waals surface area contributed by atoms with E-state index in [2.05, 4.69) is 40.5 Å². The molecule has 0 spiro atoms. The van der Waals surface area contributed by atoms with Crippen molar-refractivity contribution in [2.24, 2.45) is 0 Å². The van der Waals surface area contributed by atoms with Crippen molar-refractivity contribution in [3.8, 4) is 11.3 Å². The minimum atomic E-state index is 0.151. The van der Waals surface area contributed by atoms with Gasteiger partial charge in [0, 0.05) is 57.1 Å². The molecule has 0 bridgehead atoms.